The van der Waals surface area contributed by atoms with Crippen LogP contribution in [0.25, 0.3) is 11.3 Å². The number of rotatable bonds is 3. The normalized spacial score (nSPS) is 12.4. The average molecular weight is 400 g/mol. The number of aromatic nitrogens is 2. The first kappa shape index (κ1) is 19.3. The topological polar surface area (TPSA) is 41.6 Å². The van der Waals surface area contributed by atoms with Gasteiger partial charge in [0.05, 0.1) is 22.8 Å². The molecule has 144 valence electrons. The molecule has 3 nitrogen and oxygen atoms in total. The smallest absolute Gasteiger partial charge is 0.101 e. The highest BCUT2D eigenvalue weighted by atomic mass is 35.5. The Bertz CT molecular complexity index is 1150. The first-order valence-corrected chi connectivity index (χ1v) is 10.3. The number of hydrogen-bond acceptors (Lipinski definition) is 2. The summed E-state index contributed by atoms with van der Waals surface area (Å²) in [7, 11) is 0. The highest BCUT2D eigenvalue weighted by Crippen LogP contribution is 2.34. The van der Waals surface area contributed by atoms with E-state index in [2.05, 4.69) is 60.7 Å². The standard InChI is InChI=1S/C25H22ClN3/c1-17(2)6-7-18-8-10-19(11-9-18)16-29-24-5-3-4-22(24)25(28-29)20-12-13-21(15-27)23(26)14-20/h8-14,17H,3-5,16H2,1-2H3. The van der Waals surface area contributed by atoms with Gasteiger partial charge in [-0.2, -0.15) is 10.4 Å². The second-order valence-corrected chi connectivity index (χ2v) is 8.12. The Morgan fingerprint density at radius 1 is 1.14 bits per heavy atom. The maximum absolute atomic E-state index is 9.12. The number of nitriles is 1. The highest BCUT2D eigenvalue weighted by molar-refractivity contribution is 6.32. The van der Waals surface area contributed by atoms with Crippen LogP contribution in [0.2, 0.25) is 5.02 Å². The summed E-state index contributed by atoms with van der Waals surface area (Å²) < 4.78 is 2.12. The Balaban J connectivity index is 1.63. The fraction of sp³-hybridized carbons (Fsp3) is 0.280. The van der Waals surface area contributed by atoms with E-state index < -0.39 is 0 Å². The molecule has 0 N–H and O–H groups in total. The van der Waals surface area contributed by atoms with Crippen molar-refractivity contribution in [3.05, 3.63) is 75.4 Å². The summed E-state index contributed by atoms with van der Waals surface area (Å²) in [5.74, 6) is 6.78. The van der Waals surface area contributed by atoms with Crippen molar-refractivity contribution < 1.29 is 0 Å². The molecule has 4 rings (SSSR count). The molecule has 0 spiro atoms. The minimum atomic E-state index is 0.371. The molecule has 1 aromatic heterocycles. The Morgan fingerprint density at radius 2 is 1.93 bits per heavy atom. The monoisotopic (exact) mass is 399 g/mol. The fourth-order valence-electron chi connectivity index (χ4n) is 3.72. The average Bonchev–Trinajstić information content (AvgIpc) is 3.31. The van der Waals surface area contributed by atoms with Gasteiger partial charge in [0, 0.05) is 28.3 Å². The molecule has 4 heteroatoms. The molecule has 2 aromatic carbocycles. The molecule has 0 radical (unpaired) electrons. The van der Waals surface area contributed by atoms with Crippen molar-refractivity contribution in [1.82, 2.24) is 9.78 Å². The van der Waals surface area contributed by atoms with Crippen molar-refractivity contribution in [3.8, 4) is 29.2 Å². The molecule has 1 aliphatic carbocycles. The van der Waals surface area contributed by atoms with Gasteiger partial charge in [-0.3, -0.25) is 4.68 Å². The second kappa shape index (κ2) is 8.16. The molecule has 3 aromatic rings. The van der Waals surface area contributed by atoms with Gasteiger partial charge in [-0.05, 0) is 49.1 Å². The van der Waals surface area contributed by atoms with Crippen LogP contribution in [0.5, 0.6) is 0 Å². The Hall–Kier alpha value is -3.01. The molecule has 0 bridgehead atoms. The summed E-state index contributed by atoms with van der Waals surface area (Å²) in [5.41, 5.74) is 7.33. The van der Waals surface area contributed by atoms with E-state index in [1.807, 2.05) is 12.1 Å². The van der Waals surface area contributed by atoms with Crippen LogP contribution in [0.3, 0.4) is 0 Å². The molecule has 0 atom stereocenters. The van der Waals surface area contributed by atoms with E-state index in [1.165, 1.54) is 16.8 Å². The van der Waals surface area contributed by atoms with Gasteiger partial charge in [0.15, 0.2) is 0 Å². The molecule has 1 heterocycles. The largest absolute Gasteiger partial charge is 0.264 e. The van der Waals surface area contributed by atoms with Crippen LogP contribution in [0, 0.1) is 29.1 Å². The summed E-state index contributed by atoms with van der Waals surface area (Å²) >= 11 is 6.26. The minimum Gasteiger partial charge on any atom is -0.264 e. The highest BCUT2D eigenvalue weighted by Gasteiger charge is 2.23. The summed E-state index contributed by atoms with van der Waals surface area (Å²) in [6, 6.07) is 16.1. The Labute approximate surface area is 176 Å². The maximum atomic E-state index is 9.12. The number of fused-ring (bicyclic) bond motifs is 1. The lowest BCUT2D eigenvalue weighted by Gasteiger charge is -2.06. The lowest BCUT2D eigenvalue weighted by molar-refractivity contribution is 0.646. The van der Waals surface area contributed by atoms with Crippen LogP contribution >= 0.6 is 11.6 Å². The van der Waals surface area contributed by atoms with Crippen molar-refractivity contribution >= 4 is 11.6 Å². The zero-order valence-corrected chi connectivity index (χ0v) is 17.4. The quantitative estimate of drug-likeness (QED) is 0.536. The molecule has 0 fully saturated rings. The van der Waals surface area contributed by atoms with Gasteiger partial charge in [-0.15, -0.1) is 0 Å². The van der Waals surface area contributed by atoms with Crippen molar-refractivity contribution in [1.29, 1.82) is 5.26 Å². The summed E-state index contributed by atoms with van der Waals surface area (Å²) in [6.45, 7) is 4.93. The predicted molar refractivity (Wildman–Crippen MR) is 117 cm³/mol. The van der Waals surface area contributed by atoms with Crippen LogP contribution in [0.1, 0.15) is 48.2 Å². The van der Waals surface area contributed by atoms with Crippen molar-refractivity contribution in [3.63, 3.8) is 0 Å². The molecule has 29 heavy (non-hydrogen) atoms. The van der Waals surface area contributed by atoms with Gasteiger partial charge in [-0.1, -0.05) is 55.5 Å². The minimum absolute atomic E-state index is 0.371. The fourth-order valence-corrected chi connectivity index (χ4v) is 3.94. The Morgan fingerprint density at radius 3 is 2.62 bits per heavy atom. The van der Waals surface area contributed by atoms with E-state index in [4.69, 9.17) is 22.0 Å². The zero-order chi connectivity index (χ0) is 20.4. The molecule has 0 saturated heterocycles. The van der Waals surface area contributed by atoms with E-state index in [9.17, 15) is 0 Å². The third-order valence-electron chi connectivity index (χ3n) is 5.16. The molecule has 0 saturated carbocycles. The zero-order valence-electron chi connectivity index (χ0n) is 16.7. The maximum Gasteiger partial charge on any atom is 0.101 e. The lowest BCUT2D eigenvalue weighted by atomic mass is 10.0. The Kier molecular flexibility index (Phi) is 5.43. The molecular formula is C25H22ClN3. The van der Waals surface area contributed by atoms with Gasteiger partial charge in [0.2, 0.25) is 0 Å². The van der Waals surface area contributed by atoms with E-state index in [0.717, 1.165) is 42.6 Å². The second-order valence-electron chi connectivity index (χ2n) is 7.71. The SMILES string of the molecule is CC(C)C#Cc1ccc(Cn2nc(-c3ccc(C#N)c(Cl)c3)c3c2CCC3)cc1. The molecule has 0 unspecified atom stereocenters. The van der Waals surface area contributed by atoms with Gasteiger partial charge in [-0.25, -0.2) is 0 Å². The molecule has 1 aliphatic rings. The molecular weight excluding hydrogens is 378 g/mol. The van der Waals surface area contributed by atoms with Crippen molar-refractivity contribution in [2.45, 2.75) is 39.7 Å². The van der Waals surface area contributed by atoms with Crippen LogP contribution < -0.4 is 0 Å². The third kappa shape index (κ3) is 4.07. The first-order chi connectivity index (χ1) is 14.0. The van der Waals surface area contributed by atoms with E-state index in [1.54, 1.807) is 6.07 Å². The van der Waals surface area contributed by atoms with Gasteiger partial charge in [0.25, 0.3) is 0 Å². The van der Waals surface area contributed by atoms with Gasteiger partial charge >= 0.3 is 0 Å². The molecule has 0 amide bonds. The van der Waals surface area contributed by atoms with E-state index in [0.29, 0.717) is 16.5 Å². The van der Waals surface area contributed by atoms with Crippen molar-refractivity contribution in [2.24, 2.45) is 5.92 Å². The number of hydrogen-bond donors (Lipinski definition) is 0. The number of benzene rings is 2. The van der Waals surface area contributed by atoms with Crippen LogP contribution in [0.15, 0.2) is 42.5 Å². The van der Waals surface area contributed by atoms with Crippen LogP contribution in [0.4, 0.5) is 0 Å². The molecule has 0 aliphatic heterocycles. The third-order valence-corrected chi connectivity index (χ3v) is 5.47. The summed E-state index contributed by atoms with van der Waals surface area (Å²) in [6.07, 6.45) is 3.23. The van der Waals surface area contributed by atoms with Gasteiger partial charge < -0.3 is 0 Å². The number of halogens is 1. The van der Waals surface area contributed by atoms with Crippen LogP contribution in [-0.2, 0) is 19.4 Å². The van der Waals surface area contributed by atoms with E-state index in [-0.39, 0.29) is 0 Å². The van der Waals surface area contributed by atoms with Gasteiger partial charge in [0.1, 0.15) is 6.07 Å². The number of nitrogens with zero attached hydrogens (tertiary/aromatic N) is 3. The lowest BCUT2D eigenvalue weighted by Crippen LogP contribution is -2.05. The summed E-state index contributed by atoms with van der Waals surface area (Å²) in [4.78, 5) is 0. The van der Waals surface area contributed by atoms with Crippen LogP contribution in [-0.4, -0.2) is 9.78 Å². The van der Waals surface area contributed by atoms with Crippen molar-refractivity contribution in [2.75, 3.05) is 0 Å². The predicted octanol–water partition coefficient (Wildman–Crippen LogP) is 5.62. The van der Waals surface area contributed by atoms with E-state index >= 15 is 0 Å². The summed E-state index contributed by atoms with van der Waals surface area (Å²) in [5, 5.41) is 14.5. The first-order valence-electron chi connectivity index (χ1n) is 9.94.